The van der Waals surface area contributed by atoms with Crippen LogP contribution in [0.3, 0.4) is 0 Å². The number of hydrogen-bond acceptors (Lipinski definition) is 4. The Hall–Kier alpha value is -2.01. The van der Waals surface area contributed by atoms with Crippen LogP contribution in [0.4, 0.5) is 11.4 Å². The van der Waals surface area contributed by atoms with Crippen LogP contribution in [0.25, 0.3) is 0 Å². The minimum Gasteiger partial charge on any atom is -0.465 e. The number of nitrogen functional groups attached to an aromatic ring is 1. The van der Waals surface area contributed by atoms with Crippen LogP contribution in [0, 0.1) is 0 Å². The van der Waals surface area contributed by atoms with Crippen molar-refractivity contribution in [3.63, 3.8) is 0 Å². The normalized spacial score (nSPS) is 10.1. The van der Waals surface area contributed by atoms with Gasteiger partial charge in [-0.15, -0.1) is 0 Å². The molecule has 0 fully saturated rings. The van der Waals surface area contributed by atoms with Gasteiger partial charge in [0.15, 0.2) is 0 Å². The molecule has 0 radical (unpaired) electrons. The number of carbonyl (C=O) groups excluding carboxylic acids is 1. The Bertz CT molecular complexity index is 629. The summed E-state index contributed by atoms with van der Waals surface area (Å²) in [6, 6.07) is 13.1. The number of ether oxygens (including phenoxy) is 1. The summed E-state index contributed by atoms with van der Waals surface area (Å²) in [6.07, 6.45) is 0. The van der Waals surface area contributed by atoms with Crippen LogP contribution >= 0.6 is 15.9 Å². The van der Waals surface area contributed by atoms with Crippen molar-refractivity contribution in [1.82, 2.24) is 0 Å². The molecule has 2 aromatic rings. The second-order valence-electron chi connectivity index (χ2n) is 4.28. The number of nitrogens with two attached hydrogens (primary N) is 1. The summed E-state index contributed by atoms with van der Waals surface area (Å²) in [6.45, 7) is 0.605. The number of benzene rings is 2. The molecule has 0 heterocycles. The number of esters is 1. The standard InChI is InChI=1S/C15H15BrN2O2/c1-20-15(19)13-8-12(17)5-6-14(13)18-9-10-3-2-4-11(16)7-10/h2-8,18H,9,17H2,1H3. The highest BCUT2D eigenvalue weighted by atomic mass is 79.9. The molecule has 0 spiro atoms. The van der Waals surface area contributed by atoms with Gasteiger partial charge in [0.1, 0.15) is 0 Å². The summed E-state index contributed by atoms with van der Waals surface area (Å²) in [4.78, 5) is 11.7. The van der Waals surface area contributed by atoms with E-state index in [0.29, 0.717) is 23.5 Å². The number of nitrogens with one attached hydrogen (secondary N) is 1. The lowest BCUT2D eigenvalue weighted by Gasteiger charge is -2.11. The molecule has 0 aliphatic carbocycles. The van der Waals surface area contributed by atoms with Gasteiger partial charge in [-0.3, -0.25) is 0 Å². The van der Waals surface area contributed by atoms with Crippen LogP contribution < -0.4 is 11.1 Å². The van der Waals surface area contributed by atoms with Crippen LogP contribution in [0.5, 0.6) is 0 Å². The molecule has 5 heteroatoms. The molecule has 0 saturated heterocycles. The first-order valence-electron chi connectivity index (χ1n) is 6.06. The van der Waals surface area contributed by atoms with E-state index in [9.17, 15) is 4.79 Å². The third-order valence-corrected chi connectivity index (χ3v) is 3.31. The molecule has 4 nitrogen and oxygen atoms in total. The zero-order valence-corrected chi connectivity index (χ0v) is 12.6. The quantitative estimate of drug-likeness (QED) is 0.664. The second kappa shape index (κ2) is 6.43. The van der Waals surface area contributed by atoms with Gasteiger partial charge < -0.3 is 15.8 Å². The zero-order valence-electron chi connectivity index (χ0n) is 11.0. The molecule has 0 aliphatic heterocycles. The predicted molar refractivity (Wildman–Crippen MR) is 83.7 cm³/mol. The molecule has 0 unspecified atom stereocenters. The van der Waals surface area contributed by atoms with Gasteiger partial charge in [0.2, 0.25) is 0 Å². The molecular weight excluding hydrogens is 320 g/mol. The minimum atomic E-state index is -0.408. The molecule has 0 aliphatic rings. The summed E-state index contributed by atoms with van der Waals surface area (Å²) in [5.41, 5.74) is 8.47. The van der Waals surface area contributed by atoms with Crippen molar-refractivity contribution in [2.24, 2.45) is 0 Å². The van der Waals surface area contributed by atoms with Crippen LogP contribution in [0.2, 0.25) is 0 Å². The maximum Gasteiger partial charge on any atom is 0.340 e. The molecule has 0 amide bonds. The second-order valence-corrected chi connectivity index (χ2v) is 5.20. The average molecular weight is 335 g/mol. The van der Waals surface area contributed by atoms with Crippen molar-refractivity contribution < 1.29 is 9.53 Å². The third kappa shape index (κ3) is 3.51. The minimum absolute atomic E-state index is 0.408. The largest absolute Gasteiger partial charge is 0.465 e. The molecular formula is C15H15BrN2O2. The number of hydrogen-bond donors (Lipinski definition) is 2. The SMILES string of the molecule is COC(=O)c1cc(N)ccc1NCc1cccc(Br)c1. The van der Waals surface area contributed by atoms with E-state index in [1.165, 1.54) is 7.11 Å². The molecule has 0 saturated carbocycles. The van der Waals surface area contributed by atoms with E-state index in [0.717, 1.165) is 10.0 Å². The Morgan fingerprint density at radius 3 is 2.80 bits per heavy atom. The Morgan fingerprint density at radius 1 is 1.30 bits per heavy atom. The van der Waals surface area contributed by atoms with Crippen LogP contribution in [0.1, 0.15) is 15.9 Å². The molecule has 0 aromatic heterocycles. The van der Waals surface area contributed by atoms with Gasteiger partial charge in [0.25, 0.3) is 0 Å². The van der Waals surface area contributed by atoms with E-state index < -0.39 is 5.97 Å². The zero-order chi connectivity index (χ0) is 14.5. The van der Waals surface area contributed by atoms with Crippen molar-refractivity contribution in [3.05, 3.63) is 58.1 Å². The molecule has 3 N–H and O–H groups in total. The maximum atomic E-state index is 11.7. The van der Waals surface area contributed by atoms with Gasteiger partial charge in [-0.2, -0.15) is 0 Å². The van der Waals surface area contributed by atoms with Gasteiger partial charge in [0.05, 0.1) is 12.7 Å². The van der Waals surface area contributed by atoms with Gasteiger partial charge in [-0.25, -0.2) is 4.79 Å². The Morgan fingerprint density at radius 2 is 2.10 bits per heavy atom. The van der Waals surface area contributed by atoms with Crippen molar-refractivity contribution in [1.29, 1.82) is 0 Å². The van der Waals surface area contributed by atoms with Crippen LogP contribution in [-0.4, -0.2) is 13.1 Å². The highest BCUT2D eigenvalue weighted by Crippen LogP contribution is 2.21. The fourth-order valence-corrected chi connectivity index (χ4v) is 2.29. The van der Waals surface area contributed by atoms with Gasteiger partial charge in [-0.05, 0) is 35.9 Å². The summed E-state index contributed by atoms with van der Waals surface area (Å²) in [7, 11) is 1.35. The molecule has 0 bridgehead atoms. The molecule has 0 atom stereocenters. The maximum absolute atomic E-state index is 11.7. The van der Waals surface area contributed by atoms with Gasteiger partial charge in [-0.1, -0.05) is 28.1 Å². The number of halogens is 1. The van der Waals surface area contributed by atoms with E-state index in [4.69, 9.17) is 10.5 Å². The monoisotopic (exact) mass is 334 g/mol. The summed E-state index contributed by atoms with van der Waals surface area (Å²) in [5.74, 6) is -0.408. The lowest BCUT2D eigenvalue weighted by Crippen LogP contribution is -2.09. The number of methoxy groups -OCH3 is 1. The first-order chi connectivity index (χ1) is 9.60. The molecule has 2 aromatic carbocycles. The lowest BCUT2D eigenvalue weighted by atomic mass is 10.1. The van der Waals surface area contributed by atoms with Crippen molar-refractivity contribution in [2.75, 3.05) is 18.2 Å². The first kappa shape index (κ1) is 14.4. The summed E-state index contributed by atoms with van der Waals surface area (Å²) >= 11 is 3.43. The highest BCUT2D eigenvalue weighted by molar-refractivity contribution is 9.10. The van der Waals surface area contributed by atoms with Crippen LogP contribution in [0.15, 0.2) is 46.9 Å². The van der Waals surface area contributed by atoms with E-state index in [-0.39, 0.29) is 0 Å². The fraction of sp³-hybridized carbons (Fsp3) is 0.133. The van der Waals surface area contributed by atoms with Crippen LogP contribution in [-0.2, 0) is 11.3 Å². The number of rotatable bonds is 4. The molecule has 104 valence electrons. The Balaban J connectivity index is 2.19. The molecule has 20 heavy (non-hydrogen) atoms. The number of carbonyl (C=O) groups is 1. The van der Waals surface area contributed by atoms with Crippen molar-refractivity contribution in [2.45, 2.75) is 6.54 Å². The lowest BCUT2D eigenvalue weighted by molar-refractivity contribution is 0.0602. The Labute approximate surface area is 126 Å². The van der Waals surface area contributed by atoms with Crippen molar-refractivity contribution in [3.8, 4) is 0 Å². The van der Waals surface area contributed by atoms with E-state index in [1.807, 2.05) is 24.3 Å². The Kier molecular flexibility index (Phi) is 4.63. The van der Waals surface area contributed by atoms with Gasteiger partial charge >= 0.3 is 5.97 Å². The van der Waals surface area contributed by atoms with E-state index >= 15 is 0 Å². The van der Waals surface area contributed by atoms with Crippen molar-refractivity contribution >= 4 is 33.3 Å². The fourth-order valence-electron chi connectivity index (χ4n) is 1.84. The summed E-state index contributed by atoms with van der Waals surface area (Å²) < 4.78 is 5.78. The molecule has 2 rings (SSSR count). The predicted octanol–water partition coefficient (Wildman–Crippen LogP) is 3.43. The topological polar surface area (TPSA) is 64.3 Å². The smallest absolute Gasteiger partial charge is 0.340 e. The highest BCUT2D eigenvalue weighted by Gasteiger charge is 2.12. The third-order valence-electron chi connectivity index (χ3n) is 2.82. The first-order valence-corrected chi connectivity index (χ1v) is 6.85. The average Bonchev–Trinajstić information content (AvgIpc) is 2.45. The summed E-state index contributed by atoms with van der Waals surface area (Å²) in [5, 5.41) is 3.22. The number of anilines is 2. The van der Waals surface area contributed by atoms with Gasteiger partial charge in [0, 0.05) is 22.4 Å². The van der Waals surface area contributed by atoms with E-state index in [1.54, 1.807) is 18.2 Å². The van der Waals surface area contributed by atoms with E-state index in [2.05, 4.69) is 21.2 Å².